The van der Waals surface area contributed by atoms with Crippen molar-refractivity contribution in [3.8, 4) is 23.0 Å². The number of hydrogen-bond donors (Lipinski definition) is 3. The second-order valence-corrected chi connectivity index (χ2v) is 8.44. The van der Waals surface area contributed by atoms with Crippen LogP contribution in [0.25, 0.3) is 22.6 Å². The Bertz CT molecular complexity index is 1420. The van der Waals surface area contributed by atoms with Crippen molar-refractivity contribution in [2.45, 2.75) is 20.3 Å². The molecule has 9 heteroatoms. The number of thiocarbonyl (C=S) groups is 1. The third-order valence-electron chi connectivity index (χ3n) is 5.29. The lowest BCUT2D eigenvalue weighted by molar-refractivity contribution is 0.0977. The number of nitrogens with one attached hydrogen (secondary N) is 2. The van der Waals surface area contributed by atoms with Gasteiger partial charge in [-0.1, -0.05) is 24.6 Å². The summed E-state index contributed by atoms with van der Waals surface area (Å²) in [7, 11) is 1.50. The molecule has 4 aromatic rings. The molecule has 0 saturated carbocycles. The summed E-state index contributed by atoms with van der Waals surface area (Å²) in [6, 6.07) is 13.9. The van der Waals surface area contributed by atoms with Crippen LogP contribution in [0.5, 0.6) is 11.5 Å². The van der Waals surface area contributed by atoms with Gasteiger partial charge in [0.15, 0.2) is 10.7 Å². The van der Waals surface area contributed by atoms with Crippen molar-refractivity contribution in [3.63, 3.8) is 0 Å². The number of aromatic hydroxyl groups is 1. The smallest absolute Gasteiger partial charge is 0.257 e. The van der Waals surface area contributed by atoms with Gasteiger partial charge in [0, 0.05) is 11.3 Å². The number of rotatable bonds is 5. The molecule has 0 saturated heterocycles. The number of phenols is 1. The second-order valence-electron chi connectivity index (χ2n) is 7.62. The predicted octanol–water partition coefficient (Wildman–Crippen LogP) is 5.86. The molecule has 3 N–H and O–H groups in total. The number of aromatic nitrogens is 1. The van der Waals surface area contributed by atoms with Gasteiger partial charge in [0.25, 0.3) is 5.91 Å². The van der Waals surface area contributed by atoms with E-state index in [9.17, 15) is 9.90 Å². The minimum Gasteiger partial charge on any atom is -0.507 e. The van der Waals surface area contributed by atoms with Crippen molar-refractivity contribution < 1.29 is 19.1 Å². The van der Waals surface area contributed by atoms with E-state index in [2.05, 4.69) is 22.5 Å². The average Bonchev–Trinajstić information content (AvgIpc) is 3.24. The summed E-state index contributed by atoms with van der Waals surface area (Å²) in [4.78, 5) is 17.1. The Morgan fingerprint density at radius 3 is 2.71 bits per heavy atom. The van der Waals surface area contributed by atoms with Gasteiger partial charge in [-0.25, -0.2) is 4.98 Å². The van der Waals surface area contributed by atoms with Gasteiger partial charge >= 0.3 is 0 Å². The Kier molecular flexibility index (Phi) is 6.72. The molecule has 34 heavy (non-hydrogen) atoms. The van der Waals surface area contributed by atoms with Crippen molar-refractivity contribution in [2.24, 2.45) is 0 Å². The van der Waals surface area contributed by atoms with Gasteiger partial charge in [-0.15, -0.1) is 0 Å². The van der Waals surface area contributed by atoms with E-state index >= 15 is 0 Å². The van der Waals surface area contributed by atoms with Gasteiger partial charge in [0.2, 0.25) is 5.89 Å². The first kappa shape index (κ1) is 23.5. The number of anilines is 1. The van der Waals surface area contributed by atoms with Crippen LogP contribution in [0.15, 0.2) is 52.9 Å². The number of phenolic OH excluding ortho intramolecular Hbond substituents is 1. The highest BCUT2D eigenvalue weighted by Gasteiger charge is 2.17. The Morgan fingerprint density at radius 2 is 2.00 bits per heavy atom. The first-order valence-corrected chi connectivity index (χ1v) is 11.3. The molecule has 0 radical (unpaired) electrons. The van der Waals surface area contributed by atoms with Crippen LogP contribution in [-0.4, -0.2) is 28.2 Å². The van der Waals surface area contributed by atoms with Gasteiger partial charge in [-0.3, -0.25) is 10.1 Å². The number of carbonyl (C=O) groups is 1. The number of halogens is 1. The number of hydrogen-bond acceptors (Lipinski definition) is 6. The quantitative estimate of drug-likeness (QED) is 0.235. The maximum Gasteiger partial charge on any atom is 0.257 e. The van der Waals surface area contributed by atoms with Crippen molar-refractivity contribution in [1.29, 1.82) is 0 Å². The van der Waals surface area contributed by atoms with Crippen molar-refractivity contribution in [1.82, 2.24) is 10.3 Å². The van der Waals surface area contributed by atoms with Crippen LogP contribution in [0.2, 0.25) is 5.02 Å². The highest BCUT2D eigenvalue weighted by Crippen LogP contribution is 2.36. The molecule has 0 spiro atoms. The highest BCUT2D eigenvalue weighted by atomic mass is 35.5. The molecular formula is C25H22ClN3O4S. The van der Waals surface area contributed by atoms with Crippen LogP contribution in [0, 0.1) is 6.92 Å². The standard InChI is InChI=1S/C25H22ClN3O4S/c1-4-14-5-7-21-19(10-14)28-24(33-21)17-12-16(9-13(2)22(17)30)27-25(34)29-23(31)15-6-8-20(32-3)18(26)11-15/h5-12,30H,4H2,1-3H3,(H2,27,29,31,34). The molecule has 7 nitrogen and oxygen atoms in total. The zero-order valence-electron chi connectivity index (χ0n) is 18.7. The van der Waals surface area contributed by atoms with E-state index in [0.29, 0.717) is 44.2 Å². The summed E-state index contributed by atoms with van der Waals surface area (Å²) in [5, 5.41) is 16.6. The van der Waals surface area contributed by atoms with E-state index in [1.807, 2.05) is 18.2 Å². The molecule has 0 aliphatic heterocycles. The van der Waals surface area contributed by atoms with Crippen LogP contribution < -0.4 is 15.4 Å². The molecular weight excluding hydrogens is 474 g/mol. The lowest BCUT2D eigenvalue weighted by Crippen LogP contribution is -2.34. The molecule has 0 bridgehead atoms. The first-order valence-electron chi connectivity index (χ1n) is 10.5. The monoisotopic (exact) mass is 495 g/mol. The highest BCUT2D eigenvalue weighted by molar-refractivity contribution is 7.80. The second kappa shape index (κ2) is 9.70. The molecule has 1 aromatic heterocycles. The minimum absolute atomic E-state index is 0.0515. The molecule has 4 rings (SSSR count). The third kappa shape index (κ3) is 4.83. The number of carbonyl (C=O) groups excluding carboxylic acids is 1. The molecule has 1 heterocycles. The lowest BCUT2D eigenvalue weighted by atomic mass is 10.1. The topological polar surface area (TPSA) is 96.6 Å². The fourth-order valence-corrected chi connectivity index (χ4v) is 3.94. The van der Waals surface area contributed by atoms with E-state index in [4.69, 9.17) is 33.0 Å². The van der Waals surface area contributed by atoms with E-state index in [1.165, 1.54) is 13.2 Å². The summed E-state index contributed by atoms with van der Waals surface area (Å²) in [6.07, 6.45) is 0.883. The Labute approximate surface area is 206 Å². The number of amides is 1. The third-order valence-corrected chi connectivity index (χ3v) is 5.79. The fourth-order valence-electron chi connectivity index (χ4n) is 3.47. The number of aryl methyl sites for hydroxylation is 2. The van der Waals surface area contributed by atoms with E-state index in [1.54, 1.807) is 31.2 Å². The summed E-state index contributed by atoms with van der Waals surface area (Å²) >= 11 is 11.4. The zero-order valence-corrected chi connectivity index (χ0v) is 20.3. The number of benzene rings is 3. The van der Waals surface area contributed by atoms with Crippen LogP contribution in [0.1, 0.15) is 28.4 Å². The minimum atomic E-state index is -0.427. The number of oxazole rings is 1. The van der Waals surface area contributed by atoms with Crippen LogP contribution in [0.4, 0.5) is 5.69 Å². The first-order chi connectivity index (χ1) is 16.3. The maximum absolute atomic E-state index is 12.6. The van der Waals surface area contributed by atoms with Crippen molar-refractivity contribution >= 4 is 51.6 Å². The van der Waals surface area contributed by atoms with Crippen LogP contribution in [-0.2, 0) is 6.42 Å². The Hall–Kier alpha value is -3.62. The zero-order chi connectivity index (χ0) is 24.4. The molecule has 0 aliphatic carbocycles. The Balaban J connectivity index is 1.55. The van der Waals surface area contributed by atoms with Crippen LogP contribution in [0.3, 0.4) is 0 Å². The summed E-state index contributed by atoms with van der Waals surface area (Å²) in [5.74, 6) is 0.380. The predicted molar refractivity (Wildman–Crippen MR) is 137 cm³/mol. The molecule has 174 valence electrons. The number of nitrogens with zero attached hydrogens (tertiary/aromatic N) is 1. The number of fused-ring (bicyclic) bond motifs is 1. The van der Waals surface area contributed by atoms with Gasteiger partial charge < -0.3 is 19.6 Å². The van der Waals surface area contributed by atoms with Crippen molar-refractivity contribution in [2.75, 3.05) is 12.4 Å². The lowest BCUT2D eigenvalue weighted by Gasteiger charge is -2.13. The van der Waals surface area contributed by atoms with E-state index < -0.39 is 5.91 Å². The van der Waals surface area contributed by atoms with Gasteiger partial charge in [0.05, 0.1) is 17.7 Å². The fraction of sp³-hybridized carbons (Fsp3) is 0.160. The molecule has 0 aliphatic rings. The molecule has 1 amide bonds. The molecule has 0 atom stereocenters. The number of methoxy groups -OCH3 is 1. The van der Waals surface area contributed by atoms with Gasteiger partial charge in [0.1, 0.15) is 17.0 Å². The summed E-state index contributed by atoms with van der Waals surface area (Å²) in [5.41, 5.74) is 4.37. The Morgan fingerprint density at radius 1 is 1.21 bits per heavy atom. The van der Waals surface area contributed by atoms with E-state index in [-0.39, 0.29) is 16.8 Å². The van der Waals surface area contributed by atoms with Gasteiger partial charge in [-0.2, -0.15) is 0 Å². The number of ether oxygens (including phenoxy) is 1. The average molecular weight is 496 g/mol. The molecule has 0 unspecified atom stereocenters. The largest absolute Gasteiger partial charge is 0.507 e. The van der Waals surface area contributed by atoms with Crippen LogP contribution >= 0.6 is 23.8 Å². The normalized spacial score (nSPS) is 10.8. The van der Waals surface area contributed by atoms with Crippen molar-refractivity contribution in [3.05, 3.63) is 70.2 Å². The maximum atomic E-state index is 12.6. The molecule has 3 aromatic carbocycles. The summed E-state index contributed by atoms with van der Waals surface area (Å²) < 4.78 is 11.0. The van der Waals surface area contributed by atoms with Gasteiger partial charge in [-0.05, 0) is 79.2 Å². The van der Waals surface area contributed by atoms with E-state index in [0.717, 1.165) is 12.0 Å². The summed E-state index contributed by atoms with van der Waals surface area (Å²) in [6.45, 7) is 3.82. The SMILES string of the molecule is CCc1ccc2oc(-c3cc(NC(=S)NC(=O)c4ccc(OC)c(Cl)c4)cc(C)c3O)nc2c1. The molecule has 0 fully saturated rings.